The van der Waals surface area contributed by atoms with Crippen LogP contribution in [0.15, 0.2) is 47.7 Å². The van der Waals surface area contributed by atoms with Gasteiger partial charge in [0.1, 0.15) is 5.76 Å². The van der Waals surface area contributed by atoms with Gasteiger partial charge in [0.2, 0.25) is 0 Å². The van der Waals surface area contributed by atoms with Crippen LogP contribution in [-0.4, -0.2) is 63.3 Å². The van der Waals surface area contributed by atoms with E-state index in [4.69, 9.17) is 4.74 Å². The SMILES string of the molecule is O=C(Nc1ccc(NC(F)(F)F)cc1)C1=C(O)[C@@H]2Oc3c(O)ccc4c3[C@@]23CCN(CC2CC2)[C@H](C4)[C@]3(O)C1. The number of nitrogens with zero attached hydrogens (tertiary/aromatic N) is 1. The van der Waals surface area contributed by atoms with Crippen molar-refractivity contribution in [2.24, 2.45) is 5.92 Å². The summed E-state index contributed by atoms with van der Waals surface area (Å²) in [4.78, 5) is 15.8. The van der Waals surface area contributed by atoms with Crippen LogP contribution in [0.25, 0.3) is 0 Å². The highest BCUT2D eigenvalue weighted by Crippen LogP contribution is 2.66. The molecule has 3 aliphatic carbocycles. The van der Waals surface area contributed by atoms with Crippen LogP contribution in [0.4, 0.5) is 24.5 Å². The van der Waals surface area contributed by atoms with Crippen LogP contribution >= 0.6 is 0 Å². The van der Waals surface area contributed by atoms with Crippen LogP contribution in [0.5, 0.6) is 11.5 Å². The van der Waals surface area contributed by atoms with Gasteiger partial charge in [-0.1, -0.05) is 6.07 Å². The van der Waals surface area contributed by atoms with Gasteiger partial charge in [0, 0.05) is 35.9 Å². The minimum absolute atomic E-state index is 0.0374. The smallest absolute Gasteiger partial charge is 0.482 e. The number of ether oxygens (including phenoxy) is 1. The Morgan fingerprint density at radius 1 is 1.10 bits per heavy atom. The normalized spacial score (nSPS) is 31.0. The van der Waals surface area contributed by atoms with Crippen molar-refractivity contribution in [3.8, 4) is 11.5 Å². The van der Waals surface area contributed by atoms with Gasteiger partial charge in [-0.2, -0.15) is 13.2 Å². The minimum atomic E-state index is -4.59. The van der Waals surface area contributed by atoms with Crippen LogP contribution in [0.3, 0.4) is 0 Å². The summed E-state index contributed by atoms with van der Waals surface area (Å²) in [6.07, 6.45) is -2.45. The Morgan fingerprint density at radius 2 is 1.82 bits per heavy atom. The molecule has 1 saturated heterocycles. The number of aromatic hydroxyl groups is 1. The maximum Gasteiger partial charge on any atom is 0.482 e. The van der Waals surface area contributed by atoms with Crippen molar-refractivity contribution in [1.82, 2.24) is 4.90 Å². The molecule has 0 unspecified atom stereocenters. The second-order valence-corrected chi connectivity index (χ2v) is 11.4. The van der Waals surface area contributed by atoms with Gasteiger partial charge in [0.15, 0.2) is 17.6 Å². The number of aliphatic hydroxyl groups is 2. The predicted molar refractivity (Wildman–Crippen MR) is 135 cm³/mol. The molecule has 2 aromatic rings. The Morgan fingerprint density at radius 3 is 2.51 bits per heavy atom. The summed E-state index contributed by atoms with van der Waals surface area (Å²) >= 11 is 0. The number of aliphatic hydroxyl groups excluding tert-OH is 1. The van der Waals surface area contributed by atoms with E-state index in [0.29, 0.717) is 25.3 Å². The zero-order valence-electron chi connectivity index (χ0n) is 20.9. The number of alkyl halides is 3. The molecule has 2 heterocycles. The summed E-state index contributed by atoms with van der Waals surface area (Å²) in [6, 6.07) is 8.12. The number of carbonyl (C=O) groups is 1. The zero-order chi connectivity index (χ0) is 27.3. The highest BCUT2D eigenvalue weighted by Gasteiger charge is 2.73. The summed E-state index contributed by atoms with van der Waals surface area (Å²) in [5.74, 6) is -0.227. The van der Waals surface area contributed by atoms with E-state index in [9.17, 15) is 33.3 Å². The second-order valence-electron chi connectivity index (χ2n) is 11.4. The molecule has 2 bridgehead atoms. The number of halogens is 3. The van der Waals surface area contributed by atoms with Crippen molar-refractivity contribution in [3.05, 3.63) is 58.9 Å². The molecule has 2 aliphatic heterocycles. The maximum absolute atomic E-state index is 13.5. The number of hydrogen-bond acceptors (Lipinski definition) is 7. The summed E-state index contributed by atoms with van der Waals surface area (Å²) in [6.45, 7) is 1.55. The Kier molecular flexibility index (Phi) is 5.07. The summed E-state index contributed by atoms with van der Waals surface area (Å²) in [5.41, 5.74) is -0.770. The van der Waals surface area contributed by atoms with Crippen LogP contribution in [0, 0.1) is 5.92 Å². The van der Waals surface area contributed by atoms with Crippen LogP contribution in [0.2, 0.25) is 0 Å². The topological polar surface area (TPSA) is 114 Å². The number of hydrogen-bond donors (Lipinski definition) is 5. The third-order valence-electron chi connectivity index (χ3n) is 9.22. The van der Waals surface area contributed by atoms with Gasteiger partial charge in [0.25, 0.3) is 5.91 Å². The lowest BCUT2D eigenvalue weighted by Gasteiger charge is -2.62. The largest absolute Gasteiger partial charge is 0.508 e. The van der Waals surface area contributed by atoms with Gasteiger partial charge in [-0.3, -0.25) is 15.0 Å². The molecule has 1 saturated carbocycles. The molecular formula is C28H28F3N3O5. The number of rotatable bonds is 5. The first kappa shape index (κ1) is 24.6. The fourth-order valence-corrected chi connectivity index (χ4v) is 7.38. The van der Waals surface area contributed by atoms with Gasteiger partial charge in [-0.25, -0.2) is 0 Å². The van der Waals surface area contributed by atoms with Crippen molar-refractivity contribution in [1.29, 1.82) is 0 Å². The molecule has 2 aromatic carbocycles. The standard InChI is InChI=1S/C28H28F3N3O5/c29-28(30,31)33-17-6-4-16(5-7-17)32-25(37)18-12-27(38)20-11-15-3-8-19(35)23-21(15)26(27,24(39-23)22(18)36)9-10-34(20)13-14-1-2-14/h3-8,14,20,24,33,35-36,38H,1-2,9-13H2,(H,32,37)/t20-,24+,26+,27-/m1/s1. The Balaban J connectivity index is 1.26. The molecule has 11 heteroatoms. The number of benzene rings is 2. The van der Waals surface area contributed by atoms with Gasteiger partial charge < -0.3 is 25.4 Å². The number of amides is 1. The molecule has 8 nitrogen and oxygen atoms in total. The van der Waals surface area contributed by atoms with Crippen molar-refractivity contribution >= 4 is 17.3 Å². The third-order valence-corrected chi connectivity index (χ3v) is 9.22. The van der Waals surface area contributed by atoms with Crippen molar-refractivity contribution in [3.63, 3.8) is 0 Å². The first-order valence-electron chi connectivity index (χ1n) is 13.2. The quantitative estimate of drug-likeness (QED) is 0.363. The fourth-order valence-electron chi connectivity index (χ4n) is 7.38. The van der Waals surface area contributed by atoms with E-state index in [0.717, 1.165) is 30.5 Å². The first-order chi connectivity index (χ1) is 18.5. The molecule has 5 N–H and O–H groups in total. The molecule has 7 rings (SSSR count). The Bertz CT molecular complexity index is 1410. The molecule has 1 amide bonds. The lowest BCUT2D eigenvalue weighted by Crippen LogP contribution is -2.75. The van der Waals surface area contributed by atoms with Gasteiger partial charge in [-0.05, 0) is 74.0 Å². The number of anilines is 2. The summed E-state index contributed by atoms with van der Waals surface area (Å²) in [7, 11) is 0. The number of carbonyl (C=O) groups excluding carboxylic acids is 1. The third kappa shape index (κ3) is 3.55. The number of nitrogens with one attached hydrogen (secondary N) is 2. The van der Waals surface area contributed by atoms with E-state index in [2.05, 4.69) is 10.2 Å². The average Bonchev–Trinajstić information content (AvgIpc) is 3.61. The van der Waals surface area contributed by atoms with E-state index in [-0.39, 0.29) is 46.7 Å². The van der Waals surface area contributed by atoms with Crippen LogP contribution in [0.1, 0.15) is 36.8 Å². The minimum Gasteiger partial charge on any atom is -0.508 e. The Labute approximate surface area is 222 Å². The summed E-state index contributed by atoms with van der Waals surface area (Å²) < 4.78 is 44.0. The molecule has 5 aliphatic rings. The molecule has 4 atom stereocenters. The number of likely N-dealkylation sites (tertiary alicyclic amines) is 1. The van der Waals surface area contributed by atoms with Gasteiger partial charge >= 0.3 is 6.30 Å². The summed E-state index contributed by atoms with van der Waals surface area (Å²) in [5, 5.41) is 38.8. The molecule has 0 radical (unpaired) electrons. The molecule has 0 aromatic heterocycles. The van der Waals surface area contributed by atoms with Crippen molar-refractivity contribution < 1.29 is 38.0 Å². The second kappa shape index (κ2) is 8.04. The monoisotopic (exact) mass is 543 g/mol. The number of piperidine rings is 1. The number of phenolic OH excluding ortho intramolecular Hbond substituents is 1. The van der Waals surface area contributed by atoms with Gasteiger partial charge in [-0.15, -0.1) is 0 Å². The van der Waals surface area contributed by atoms with E-state index >= 15 is 0 Å². The van der Waals surface area contributed by atoms with E-state index < -0.39 is 29.3 Å². The molecule has 39 heavy (non-hydrogen) atoms. The van der Waals surface area contributed by atoms with Crippen LogP contribution in [-0.2, 0) is 16.6 Å². The van der Waals surface area contributed by atoms with E-state index in [1.165, 1.54) is 29.6 Å². The lowest BCUT2D eigenvalue weighted by atomic mass is 9.49. The van der Waals surface area contributed by atoms with E-state index in [1.807, 2.05) is 6.07 Å². The maximum atomic E-state index is 13.5. The molecule has 1 spiro atoms. The fraction of sp³-hybridized carbons (Fsp3) is 0.464. The lowest BCUT2D eigenvalue weighted by molar-refractivity contribution is -0.172. The number of phenols is 1. The Hall–Kier alpha value is -3.44. The zero-order valence-corrected chi connectivity index (χ0v) is 20.9. The molecular weight excluding hydrogens is 515 g/mol. The highest BCUT2D eigenvalue weighted by atomic mass is 19.4. The predicted octanol–water partition coefficient (Wildman–Crippen LogP) is 3.95. The molecule has 206 valence electrons. The molecule has 2 fully saturated rings. The van der Waals surface area contributed by atoms with E-state index in [1.54, 1.807) is 6.07 Å². The highest BCUT2D eigenvalue weighted by molar-refractivity contribution is 6.04. The average molecular weight is 544 g/mol. The van der Waals surface area contributed by atoms with Crippen molar-refractivity contribution in [2.75, 3.05) is 23.7 Å². The van der Waals surface area contributed by atoms with Crippen LogP contribution < -0.4 is 15.4 Å². The van der Waals surface area contributed by atoms with Crippen molar-refractivity contribution in [2.45, 2.75) is 61.6 Å². The van der Waals surface area contributed by atoms with Gasteiger partial charge in [0.05, 0.1) is 16.6 Å². The first-order valence-corrected chi connectivity index (χ1v) is 13.2.